The fourth-order valence-corrected chi connectivity index (χ4v) is 2.67. The van der Waals surface area contributed by atoms with Crippen LogP contribution in [0.5, 0.6) is 0 Å². The number of hydrogen-bond donors (Lipinski definition) is 1. The van der Waals surface area contributed by atoms with Crippen LogP contribution in [0.4, 0.5) is 0 Å². The van der Waals surface area contributed by atoms with Crippen molar-refractivity contribution in [2.24, 2.45) is 0 Å². The van der Waals surface area contributed by atoms with Crippen molar-refractivity contribution in [2.75, 3.05) is 6.26 Å². The summed E-state index contributed by atoms with van der Waals surface area (Å²) in [5, 5.41) is 3.48. The topological polar surface area (TPSA) is 46.4 Å². The predicted octanol–water partition coefficient (Wildman–Crippen LogP) is 3.64. The molecule has 6 heteroatoms. The van der Waals surface area contributed by atoms with Crippen LogP contribution < -0.4 is 5.32 Å². The van der Waals surface area contributed by atoms with Gasteiger partial charge in [-0.2, -0.15) is 0 Å². The molecule has 0 fully saturated rings. The number of fused-ring (bicyclic) bond motifs is 1. The molecule has 0 saturated carbocycles. The van der Waals surface area contributed by atoms with Gasteiger partial charge in [0, 0.05) is 23.8 Å². The number of pyridine rings is 1. The molecule has 2 heterocycles. The SMILES string of the molecule is CSc1ccc(CNC(=O)c2cn3cc(Cl)ccc3n2)cc1. The highest BCUT2D eigenvalue weighted by Gasteiger charge is 2.10. The van der Waals surface area contributed by atoms with E-state index in [1.807, 2.05) is 30.5 Å². The quantitative estimate of drug-likeness (QED) is 0.742. The zero-order valence-corrected chi connectivity index (χ0v) is 13.5. The summed E-state index contributed by atoms with van der Waals surface area (Å²) in [7, 11) is 0. The summed E-state index contributed by atoms with van der Waals surface area (Å²) in [6, 6.07) is 11.6. The van der Waals surface area contributed by atoms with Gasteiger partial charge in [-0.1, -0.05) is 23.7 Å². The van der Waals surface area contributed by atoms with E-state index in [0.29, 0.717) is 22.9 Å². The third kappa shape index (κ3) is 3.26. The minimum Gasteiger partial charge on any atom is -0.347 e. The first-order chi connectivity index (χ1) is 10.7. The zero-order chi connectivity index (χ0) is 15.5. The molecule has 0 aliphatic heterocycles. The molecular formula is C16H14ClN3OS. The standard InChI is InChI=1S/C16H14ClN3OS/c1-22-13-5-2-11(3-6-13)8-18-16(21)14-10-20-9-12(17)4-7-15(20)19-14/h2-7,9-10H,8H2,1H3,(H,18,21). The van der Waals surface area contributed by atoms with E-state index < -0.39 is 0 Å². The summed E-state index contributed by atoms with van der Waals surface area (Å²) in [6.07, 6.45) is 5.43. The van der Waals surface area contributed by atoms with Crippen LogP contribution in [0.2, 0.25) is 5.02 Å². The van der Waals surface area contributed by atoms with Crippen molar-refractivity contribution in [3.8, 4) is 0 Å². The van der Waals surface area contributed by atoms with Crippen LogP contribution in [0.25, 0.3) is 5.65 Å². The minimum atomic E-state index is -0.200. The molecule has 1 aromatic carbocycles. The number of aromatic nitrogens is 2. The van der Waals surface area contributed by atoms with Gasteiger partial charge in [-0.15, -0.1) is 11.8 Å². The summed E-state index contributed by atoms with van der Waals surface area (Å²) in [6.45, 7) is 0.474. The van der Waals surface area contributed by atoms with Gasteiger partial charge in [-0.3, -0.25) is 4.79 Å². The summed E-state index contributed by atoms with van der Waals surface area (Å²) in [5.41, 5.74) is 2.12. The van der Waals surface area contributed by atoms with Gasteiger partial charge in [0.25, 0.3) is 5.91 Å². The van der Waals surface area contributed by atoms with Crippen LogP contribution in [-0.4, -0.2) is 21.5 Å². The van der Waals surface area contributed by atoms with Crippen molar-refractivity contribution in [1.29, 1.82) is 0 Å². The highest BCUT2D eigenvalue weighted by molar-refractivity contribution is 7.98. The second-order valence-corrected chi connectivity index (χ2v) is 6.09. The van der Waals surface area contributed by atoms with Gasteiger partial charge < -0.3 is 9.72 Å². The molecule has 0 aliphatic rings. The molecule has 3 rings (SSSR count). The molecule has 22 heavy (non-hydrogen) atoms. The van der Waals surface area contributed by atoms with E-state index in [1.54, 1.807) is 40.7 Å². The van der Waals surface area contributed by atoms with Gasteiger partial charge in [-0.25, -0.2) is 4.98 Å². The first kappa shape index (κ1) is 14.9. The summed E-state index contributed by atoms with van der Waals surface area (Å²) in [4.78, 5) is 17.7. The van der Waals surface area contributed by atoms with E-state index in [2.05, 4.69) is 10.3 Å². The van der Waals surface area contributed by atoms with Gasteiger partial charge in [0.15, 0.2) is 0 Å². The van der Waals surface area contributed by atoms with Crippen LogP contribution in [-0.2, 0) is 6.54 Å². The normalized spacial score (nSPS) is 10.8. The molecule has 2 aromatic heterocycles. The van der Waals surface area contributed by atoms with Crippen molar-refractivity contribution < 1.29 is 4.79 Å². The molecule has 0 unspecified atom stereocenters. The number of imidazole rings is 1. The smallest absolute Gasteiger partial charge is 0.271 e. The molecule has 1 amide bonds. The molecule has 1 N–H and O–H groups in total. The average Bonchev–Trinajstić information content (AvgIpc) is 2.96. The van der Waals surface area contributed by atoms with Gasteiger partial charge in [0.05, 0.1) is 5.02 Å². The number of thioether (sulfide) groups is 1. The lowest BCUT2D eigenvalue weighted by Gasteiger charge is -2.04. The van der Waals surface area contributed by atoms with Crippen molar-refractivity contribution in [2.45, 2.75) is 11.4 Å². The van der Waals surface area contributed by atoms with Crippen molar-refractivity contribution in [3.63, 3.8) is 0 Å². The molecule has 0 radical (unpaired) electrons. The van der Waals surface area contributed by atoms with E-state index >= 15 is 0 Å². The molecule has 0 atom stereocenters. The number of hydrogen-bond acceptors (Lipinski definition) is 3. The van der Waals surface area contributed by atoms with Crippen LogP contribution in [0.3, 0.4) is 0 Å². The Morgan fingerprint density at radius 2 is 2.00 bits per heavy atom. The Labute approximate surface area is 137 Å². The number of rotatable bonds is 4. The fraction of sp³-hybridized carbons (Fsp3) is 0.125. The molecule has 0 spiro atoms. The second-order valence-electron chi connectivity index (χ2n) is 4.77. The maximum atomic E-state index is 12.2. The number of nitrogens with zero attached hydrogens (tertiary/aromatic N) is 2. The molecule has 0 bridgehead atoms. The Morgan fingerprint density at radius 3 is 2.73 bits per heavy atom. The van der Waals surface area contributed by atoms with Gasteiger partial charge in [0.1, 0.15) is 11.3 Å². The maximum Gasteiger partial charge on any atom is 0.271 e. The van der Waals surface area contributed by atoms with Crippen LogP contribution in [0, 0.1) is 0 Å². The van der Waals surface area contributed by atoms with Crippen LogP contribution in [0.1, 0.15) is 16.1 Å². The molecule has 3 aromatic rings. The monoisotopic (exact) mass is 331 g/mol. The van der Waals surface area contributed by atoms with Crippen molar-refractivity contribution in [1.82, 2.24) is 14.7 Å². The number of carbonyl (C=O) groups excluding carboxylic acids is 1. The van der Waals surface area contributed by atoms with Gasteiger partial charge in [-0.05, 0) is 36.1 Å². The predicted molar refractivity (Wildman–Crippen MR) is 89.6 cm³/mol. The number of halogens is 1. The number of carbonyl (C=O) groups is 1. The van der Waals surface area contributed by atoms with E-state index in [-0.39, 0.29) is 5.91 Å². The number of nitrogens with one attached hydrogen (secondary N) is 1. The highest BCUT2D eigenvalue weighted by Crippen LogP contribution is 2.15. The van der Waals surface area contributed by atoms with Crippen LogP contribution >= 0.6 is 23.4 Å². The first-order valence-corrected chi connectivity index (χ1v) is 8.31. The number of amides is 1. The largest absolute Gasteiger partial charge is 0.347 e. The van der Waals surface area contributed by atoms with Crippen molar-refractivity contribution >= 4 is 34.9 Å². The fourth-order valence-electron chi connectivity index (χ4n) is 2.09. The van der Waals surface area contributed by atoms with E-state index in [4.69, 9.17) is 11.6 Å². The van der Waals surface area contributed by atoms with Crippen LogP contribution in [0.15, 0.2) is 53.7 Å². The number of benzene rings is 1. The Bertz CT molecular complexity index is 814. The lowest BCUT2D eigenvalue weighted by atomic mass is 10.2. The molecule has 112 valence electrons. The average molecular weight is 332 g/mol. The Morgan fingerprint density at radius 1 is 1.23 bits per heavy atom. The molecular weight excluding hydrogens is 318 g/mol. The zero-order valence-electron chi connectivity index (χ0n) is 11.9. The second kappa shape index (κ2) is 6.42. The minimum absolute atomic E-state index is 0.200. The lowest BCUT2D eigenvalue weighted by molar-refractivity contribution is 0.0946. The Balaban J connectivity index is 1.69. The summed E-state index contributed by atoms with van der Waals surface area (Å²) >= 11 is 7.61. The van der Waals surface area contributed by atoms with E-state index in [1.165, 1.54) is 4.90 Å². The third-order valence-corrected chi connectivity index (χ3v) is 4.23. The molecule has 0 aliphatic carbocycles. The Kier molecular flexibility index (Phi) is 4.36. The van der Waals surface area contributed by atoms with Crippen molar-refractivity contribution in [3.05, 3.63) is 65.1 Å². The Hall–Kier alpha value is -1.98. The highest BCUT2D eigenvalue weighted by atomic mass is 35.5. The van der Waals surface area contributed by atoms with E-state index in [0.717, 1.165) is 5.56 Å². The first-order valence-electron chi connectivity index (χ1n) is 6.71. The van der Waals surface area contributed by atoms with Gasteiger partial charge >= 0.3 is 0 Å². The third-order valence-electron chi connectivity index (χ3n) is 3.26. The molecule has 0 saturated heterocycles. The van der Waals surface area contributed by atoms with Gasteiger partial charge in [0.2, 0.25) is 0 Å². The van der Waals surface area contributed by atoms with E-state index in [9.17, 15) is 4.79 Å². The molecule has 4 nitrogen and oxygen atoms in total. The lowest BCUT2D eigenvalue weighted by Crippen LogP contribution is -2.23. The summed E-state index contributed by atoms with van der Waals surface area (Å²) < 4.78 is 1.74. The summed E-state index contributed by atoms with van der Waals surface area (Å²) in [5.74, 6) is -0.200. The maximum absolute atomic E-state index is 12.2.